The molecule has 0 saturated heterocycles. The number of fused-ring (bicyclic) bond motifs is 5. The van der Waals surface area contributed by atoms with E-state index in [1.807, 2.05) is 0 Å². The van der Waals surface area contributed by atoms with Gasteiger partial charge in [0.25, 0.3) is 0 Å². The van der Waals surface area contributed by atoms with Gasteiger partial charge in [0, 0.05) is 13.2 Å². The van der Waals surface area contributed by atoms with Crippen molar-refractivity contribution < 1.29 is 10.2 Å². The summed E-state index contributed by atoms with van der Waals surface area (Å²) < 4.78 is 0. The lowest BCUT2D eigenvalue weighted by atomic mass is 10.1. The van der Waals surface area contributed by atoms with Crippen molar-refractivity contribution in [2.45, 2.75) is 44.9 Å². The lowest BCUT2D eigenvalue weighted by Gasteiger charge is -1.97. The Morgan fingerprint density at radius 3 is 1.42 bits per heavy atom. The van der Waals surface area contributed by atoms with E-state index in [-0.39, 0.29) is 0 Å². The van der Waals surface area contributed by atoms with E-state index in [1.54, 1.807) is 6.42 Å². The van der Waals surface area contributed by atoms with E-state index in [1.165, 1.54) is 38.5 Å². The number of hydrogen-bond acceptors (Lipinski definition) is 2. The maximum Gasteiger partial charge on any atom is 0.0465 e. The van der Waals surface area contributed by atoms with Crippen LogP contribution in [0.3, 0.4) is 0 Å². The van der Waals surface area contributed by atoms with Gasteiger partial charge in [0.05, 0.1) is 0 Å². The van der Waals surface area contributed by atoms with E-state index in [0.717, 1.165) is 21.7 Å². The van der Waals surface area contributed by atoms with Crippen LogP contribution in [-0.4, -0.2) is 23.4 Å². The van der Waals surface area contributed by atoms with Crippen LogP contribution in [0, 0.1) is 44.3 Å². The largest absolute Gasteiger partial charge is 0.396 e. The summed E-state index contributed by atoms with van der Waals surface area (Å²) in [5, 5.41) is 18.8. The Kier molecular flexibility index (Phi) is 1.02. The summed E-state index contributed by atoms with van der Waals surface area (Å²) in [5.74, 6) is 1.36. The highest BCUT2D eigenvalue weighted by molar-refractivity contribution is 5.59. The molecule has 0 radical (unpaired) electrons. The molecule has 2 heteroatoms. The standard InChI is InChI=1S/C17H22O2/c18-3-10-1-12(10)5-14(12)7-16(14)9-17(16)8-15(17)6-13(15)2-11(13)4-19/h10-11,18-19H,1-9H2/t10-,11-,12-,13-,14-,15-,16-,17-/m1/s1. The predicted molar refractivity (Wildman–Crippen MR) is 68.1 cm³/mol. The third-order valence-electron chi connectivity index (χ3n) is 9.98. The Labute approximate surface area is 113 Å². The fourth-order valence-electron chi connectivity index (χ4n) is 8.73. The molecule has 0 amide bonds. The first kappa shape index (κ1) is 9.78. The van der Waals surface area contributed by atoms with Crippen LogP contribution >= 0.6 is 0 Å². The monoisotopic (exact) mass is 258 g/mol. The van der Waals surface area contributed by atoms with Crippen LogP contribution < -0.4 is 0 Å². The Morgan fingerprint density at radius 2 is 1.05 bits per heavy atom. The van der Waals surface area contributed by atoms with Crippen LogP contribution in [0.2, 0.25) is 0 Å². The van der Waals surface area contributed by atoms with Crippen molar-refractivity contribution in [2.24, 2.45) is 44.3 Å². The van der Waals surface area contributed by atoms with Gasteiger partial charge in [0.15, 0.2) is 0 Å². The normalized spacial score (nSPS) is 82.4. The summed E-state index contributed by atoms with van der Waals surface area (Å²) in [4.78, 5) is 0. The zero-order chi connectivity index (χ0) is 12.5. The third-order valence-corrected chi connectivity index (χ3v) is 9.98. The average molecular weight is 258 g/mol. The number of hydrogen-bond donors (Lipinski definition) is 2. The molecule has 0 heterocycles. The minimum atomic E-state index is 0.451. The number of aliphatic hydroxyl groups excluding tert-OH is 2. The fraction of sp³-hybridized carbons (Fsp3) is 1.00. The van der Waals surface area contributed by atoms with Gasteiger partial charge in [-0.3, -0.25) is 0 Å². The Bertz CT molecular complexity index is 538. The molecular formula is C17H22O2. The van der Waals surface area contributed by atoms with Crippen molar-refractivity contribution in [1.82, 2.24) is 0 Å². The molecule has 7 rings (SSSR count). The quantitative estimate of drug-likeness (QED) is 0.795. The summed E-state index contributed by atoms with van der Waals surface area (Å²) in [7, 11) is 0. The molecule has 8 atom stereocenters. The highest BCUT2D eigenvalue weighted by Gasteiger charge is 3.11. The second-order valence-electron chi connectivity index (χ2n) is 9.69. The van der Waals surface area contributed by atoms with Gasteiger partial charge in [-0.2, -0.15) is 0 Å². The van der Waals surface area contributed by atoms with Crippen molar-refractivity contribution in [3.63, 3.8) is 0 Å². The van der Waals surface area contributed by atoms with Crippen LogP contribution in [0.15, 0.2) is 0 Å². The van der Waals surface area contributed by atoms with Crippen LogP contribution in [0.25, 0.3) is 0 Å². The second-order valence-corrected chi connectivity index (χ2v) is 9.69. The zero-order valence-electron chi connectivity index (χ0n) is 11.4. The molecule has 19 heavy (non-hydrogen) atoms. The van der Waals surface area contributed by atoms with Crippen molar-refractivity contribution in [3.8, 4) is 0 Å². The Balaban J connectivity index is 1.20. The molecule has 7 fully saturated rings. The number of rotatable bonds is 2. The summed E-state index contributed by atoms with van der Waals surface area (Å²) in [5.41, 5.74) is 4.33. The zero-order valence-corrected chi connectivity index (χ0v) is 11.4. The molecule has 0 aliphatic heterocycles. The summed E-state index contributed by atoms with van der Waals surface area (Å²) in [6, 6.07) is 0. The second kappa shape index (κ2) is 1.98. The minimum Gasteiger partial charge on any atom is -0.396 e. The van der Waals surface area contributed by atoms with Gasteiger partial charge >= 0.3 is 0 Å². The third kappa shape index (κ3) is 0.601. The molecule has 2 nitrogen and oxygen atoms in total. The molecule has 2 N–H and O–H groups in total. The topological polar surface area (TPSA) is 40.5 Å². The van der Waals surface area contributed by atoms with E-state index in [0.29, 0.717) is 35.9 Å². The first-order valence-corrected chi connectivity index (χ1v) is 8.34. The van der Waals surface area contributed by atoms with E-state index in [9.17, 15) is 10.2 Å². The van der Waals surface area contributed by atoms with Gasteiger partial charge in [-0.05, 0) is 89.3 Å². The first-order chi connectivity index (χ1) is 9.12. The van der Waals surface area contributed by atoms with Gasteiger partial charge in [0.2, 0.25) is 0 Å². The lowest BCUT2D eigenvalue weighted by Crippen LogP contribution is -1.97. The molecule has 6 spiro atoms. The van der Waals surface area contributed by atoms with Crippen LogP contribution in [0.1, 0.15) is 44.9 Å². The minimum absolute atomic E-state index is 0.451. The highest BCUT2D eigenvalue weighted by Crippen LogP contribution is 3.17. The molecule has 0 aromatic rings. The van der Waals surface area contributed by atoms with Crippen molar-refractivity contribution in [3.05, 3.63) is 0 Å². The molecule has 7 aliphatic carbocycles. The molecule has 0 aromatic heterocycles. The first-order valence-electron chi connectivity index (χ1n) is 8.34. The Hall–Kier alpha value is -0.0800. The average Bonchev–Trinajstić information content (AvgIpc) is 3.20. The maximum absolute atomic E-state index is 9.42. The van der Waals surface area contributed by atoms with Crippen LogP contribution in [0.4, 0.5) is 0 Å². The molecule has 0 bridgehead atoms. The van der Waals surface area contributed by atoms with E-state index in [4.69, 9.17) is 0 Å². The van der Waals surface area contributed by atoms with Gasteiger partial charge in [-0.15, -0.1) is 0 Å². The van der Waals surface area contributed by atoms with Crippen LogP contribution in [-0.2, 0) is 0 Å². The Morgan fingerprint density at radius 1 is 0.632 bits per heavy atom. The van der Waals surface area contributed by atoms with E-state index >= 15 is 0 Å². The molecule has 102 valence electrons. The molecule has 7 aliphatic rings. The van der Waals surface area contributed by atoms with E-state index < -0.39 is 0 Å². The summed E-state index contributed by atoms with van der Waals surface area (Å²) in [6.45, 7) is 0.902. The van der Waals surface area contributed by atoms with Crippen molar-refractivity contribution in [1.29, 1.82) is 0 Å². The molecular weight excluding hydrogens is 236 g/mol. The fourth-order valence-corrected chi connectivity index (χ4v) is 8.73. The molecule has 0 aromatic carbocycles. The van der Waals surface area contributed by atoms with Crippen molar-refractivity contribution in [2.75, 3.05) is 13.2 Å². The smallest absolute Gasteiger partial charge is 0.0465 e. The maximum atomic E-state index is 9.42. The van der Waals surface area contributed by atoms with Crippen molar-refractivity contribution >= 4 is 0 Å². The predicted octanol–water partition coefficient (Wildman–Crippen LogP) is 1.95. The summed E-state index contributed by atoms with van der Waals surface area (Å²) >= 11 is 0. The van der Waals surface area contributed by atoms with Gasteiger partial charge in [-0.1, -0.05) is 0 Å². The molecule has 0 unspecified atom stereocenters. The SMILES string of the molecule is OC[C@H]1C[C@@]12C[C@@]21C[C@@]12C[C@@]21C[C@@]12C[C@@]21C[C@@H]1CO. The summed E-state index contributed by atoms with van der Waals surface area (Å²) in [6.07, 6.45) is 10.2. The van der Waals surface area contributed by atoms with Gasteiger partial charge < -0.3 is 10.2 Å². The number of aliphatic hydroxyl groups is 2. The van der Waals surface area contributed by atoms with Crippen LogP contribution in [0.5, 0.6) is 0 Å². The molecule has 7 saturated carbocycles. The van der Waals surface area contributed by atoms with Gasteiger partial charge in [0.1, 0.15) is 0 Å². The van der Waals surface area contributed by atoms with Gasteiger partial charge in [-0.25, -0.2) is 0 Å². The highest BCUT2D eigenvalue weighted by atomic mass is 16.3. The lowest BCUT2D eigenvalue weighted by molar-refractivity contribution is 0.261. The van der Waals surface area contributed by atoms with E-state index in [2.05, 4.69) is 0 Å².